The van der Waals surface area contributed by atoms with Crippen LogP contribution in [0.2, 0.25) is 0 Å². The van der Waals surface area contributed by atoms with E-state index < -0.39 is 0 Å². The van der Waals surface area contributed by atoms with Crippen molar-refractivity contribution in [3.63, 3.8) is 0 Å². The van der Waals surface area contributed by atoms with Gasteiger partial charge in [0.05, 0.1) is 0 Å². The molecule has 0 aromatic carbocycles. The summed E-state index contributed by atoms with van der Waals surface area (Å²) in [6.45, 7) is 5.11. The molecule has 0 amide bonds. The molecule has 2 heterocycles. The van der Waals surface area contributed by atoms with Crippen LogP contribution in [-0.2, 0) is 13.6 Å². The molecular weight excluding hydrogens is 244 g/mol. The lowest BCUT2D eigenvalue weighted by Crippen LogP contribution is -2.22. The molecular formula is C13H18N4S. The van der Waals surface area contributed by atoms with Gasteiger partial charge in [-0.15, -0.1) is 0 Å². The molecule has 2 rings (SSSR count). The molecule has 0 aliphatic carbocycles. The van der Waals surface area contributed by atoms with E-state index in [1.54, 1.807) is 18.0 Å². The Labute approximate surface area is 112 Å². The highest BCUT2D eigenvalue weighted by Gasteiger charge is 2.08. The van der Waals surface area contributed by atoms with Crippen LogP contribution in [0.5, 0.6) is 0 Å². The van der Waals surface area contributed by atoms with E-state index in [9.17, 15) is 0 Å². The molecule has 2 aromatic rings. The zero-order valence-electron chi connectivity index (χ0n) is 10.9. The van der Waals surface area contributed by atoms with Gasteiger partial charge in [0.15, 0.2) is 5.16 Å². The molecule has 2 aromatic heterocycles. The molecule has 1 N–H and O–H groups in total. The molecule has 0 unspecified atom stereocenters. The number of aryl methyl sites for hydroxylation is 1. The summed E-state index contributed by atoms with van der Waals surface area (Å²) in [6.07, 6.45) is 5.57. The smallest absolute Gasteiger partial charge is 0.174 e. The Bertz CT molecular complexity index is 507. The van der Waals surface area contributed by atoms with E-state index in [-0.39, 0.29) is 0 Å². The van der Waals surface area contributed by atoms with Crippen molar-refractivity contribution in [2.45, 2.75) is 36.6 Å². The van der Waals surface area contributed by atoms with Gasteiger partial charge in [0.1, 0.15) is 5.03 Å². The predicted molar refractivity (Wildman–Crippen MR) is 73.5 cm³/mol. The van der Waals surface area contributed by atoms with E-state index in [1.807, 2.05) is 30.1 Å². The second kappa shape index (κ2) is 6.02. The van der Waals surface area contributed by atoms with Gasteiger partial charge < -0.3 is 9.88 Å². The Hall–Kier alpha value is -1.33. The van der Waals surface area contributed by atoms with Gasteiger partial charge in [0, 0.05) is 38.2 Å². The Kier molecular flexibility index (Phi) is 4.38. The minimum Gasteiger partial charge on any atom is -0.329 e. The van der Waals surface area contributed by atoms with E-state index in [0.29, 0.717) is 6.04 Å². The number of aromatic nitrogens is 3. The third-order valence-corrected chi connectivity index (χ3v) is 3.65. The van der Waals surface area contributed by atoms with Gasteiger partial charge in [-0.3, -0.25) is 0 Å². The zero-order chi connectivity index (χ0) is 13.0. The standard InChI is InChI=1S/C13H18N4S/c1-10(2)16-9-11-5-4-6-14-12(11)18-13-15-7-8-17(13)3/h4-8,10,16H,9H2,1-3H3. The van der Waals surface area contributed by atoms with Crippen molar-refractivity contribution in [2.75, 3.05) is 0 Å². The molecule has 0 spiro atoms. The number of pyridine rings is 1. The summed E-state index contributed by atoms with van der Waals surface area (Å²) in [4.78, 5) is 8.76. The summed E-state index contributed by atoms with van der Waals surface area (Å²) in [5.74, 6) is 0. The maximum atomic E-state index is 4.44. The van der Waals surface area contributed by atoms with Gasteiger partial charge in [-0.05, 0) is 23.4 Å². The van der Waals surface area contributed by atoms with Crippen LogP contribution < -0.4 is 5.32 Å². The van der Waals surface area contributed by atoms with Gasteiger partial charge >= 0.3 is 0 Å². The van der Waals surface area contributed by atoms with Crippen LogP contribution in [0.15, 0.2) is 40.9 Å². The second-order valence-electron chi connectivity index (χ2n) is 4.43. The minimum atomic E-state index is 0.469. The Morgan fingerprint density at radius 3 is 2.83 bits per heavy atom. The zero-order valence-corrected chi connectivity index (χ0v) is 11.7. The maximum absolute atomic E-state index is 4.44. The molecule has 0 fully saturated rings. The fourth-order valence-corrected chi connectivity index (χ4v) is 2.38. The van der Waals surface area contributed by atoms with E-state index in [0.717, 1.165) is 16.7 Å². The van der Waals surface area contributed by atoms with Crippen molar-refractivity contribution in [3.05, 3.63) is 36.3 Å². The maximum Gasteiger partial charge on any atom is 0.174 e. The van der Waals surface area contributed by atoms with Crippen LogP contribution in [0.25, 0.3) is 0 Å². The largest absolute Gasteiger partial charge is 0.329 e. The van der Waals surface area contributed by atoms with Gasteiger partial charge in [0.25, 0.3) is 0 Å². The highest BCUT2D eigenvalue weighted by atomic mass is 32.2. The molecule has 0 bridgehead atoms. The Balaban J connectivity index is 2.14. The number of nitrogens with one attached hydrogen (secondary N) is 1. The van der Waals surface area contributed by atoms with E-state index in [2.05, 4.69) is 35.2 Å². The number of imidazole rings is 1. The fourth-order valence-electron chi connectivity index (χ4n) is 1.50. The first-order valence-corrected chi connectivity index (χ1v) is 6.81. The quantitative estimate of drug-likeness (QED) is 0.899. The molecule has 0 aliphatic rings. The van der Waals surface area contributed by atoms with Crippen molar-refractivity contribution in [1.29, 1.82) is 0 Å². The first-order chi connectivity index (χ1) is 8.66. The van der Waals surface area contributed by atoms with Gasteiger partial charge in [-0.2, -0.15) is 0 Å². The molecule has 0 atom stereocenters. The highest BCUT2D eigenvalue weighted by molar-refractivity contribution is 7.99. The molecule has 18 heavy (non-hydrogen) atoms. The second-order valence-corrected chi connectivity index (χ2v) is 5.38. The van der Waals surface area contributed by atoms with E-state index in [4.69, 9.17) is 0 Å². The lowest BCUT2D eigenvalue weighted by atomic mass is 10.2. The topological polar surface area (TPSA) is 42.7 Å². The summed E-state index contributed by atoms with van der Waals surface area (Å²) in [5, 5.41) is 5.39. The van der Waals surface area contributed by atoms with Crippen LogP contribution in [-0.4, -0.2) is 20.6 Å². The molecule has 0 aliphatic heterocycles. The molecule has 0 radical (unpaired) electrons. The van der Waals surface area contributed by atoms with Crippen LogP contribution in [0.3, 0.4) is 0 Å². The lowest BCUT2D eigenvalue weighted by Gasteiger charge is -2.11. The van der Waals surface area contributed by atoms with Crippen molar-refractivity contribution >= 4 is 11.8 Å². The fraction of sp³-hybridized carbons (Fsp3) is 0.385. The average molecular weight is 262 g/mol. The van der Waals surface area contributed by atoms with Crippen LogP contribution in [0.1, 0.15) is 19.4 Å². The molecule has 0 saturated heterocycles. The van der Waals surface area contributed by atoms with Crippen LogP contribution in [0.4, 0.5) is 0 Å². The predicted octanol–water partition coefficient (Wildman–Crippen LogP) is 2.46. The van der Waals surface area contributed by atoms with Gasteiger partial charge in [0.2, 0.25) is 0 Å². The van der Waals surface area contributed by atoms with Crippen LogP contribution >= 0.6 is 11.8 Å². The number of hydrogen-bond acceptors (Lipinski definition) is 4. The summed E-state index contributed by atoms with van der Waals surface area (Å²) >= 11 is 1.60. The highest BCUT2D eigenvalue weighted by Crippen LogP contribution is 2.26. The van der Waals surface area contributed by atoms with Crippen molar-refractivity contribution < 1.29 is 0 Å². The molecule has 0 saturated carbocycles. The summed E-state index contributed by atoms with van der Waals surface area (Å²) in [6, 6.07) is 4.55. The molecule has 5 heteroatoms. The number of hydrogen-bond donors (Lipinski definition) is 1. The monoisotopic (exact) mass is 262 g/mol. The van der Waals surface area contributed by atoms with Crippen molar-refractivity contribution in [3.8, 4) is 0 Å². The number of nitrogens with zero attached hydrogens (tertiary/aromatic N) is 3. The summed E-state index contributed by atoms with van der Waals surface area (Å²) < 4.78 is 2.00. The average Bonchev–Trinajstić information content (AvgIpc) is 2.74. The van der Waals surface area contributed by atoms with E-state index >= 15 is 0 Å². The molecule has 96 valence electrons. The normalized spacial score (nSPS) is 11.1. The van der Waals surface area contributed by atoms with Crippen molar-refractivity contribution in [1.82, 2.24) is 19.9 Å². The SMILES string of the molecule is CC(C)NCc1cccnc1Sc1nccn1C. The number of rotatable bonds is 5. The van der Waals surface area contributed by atoms with Gasteiger partial charge in [-0.25, -0.2) is 9.97 Å². The lowest BCUT2D eigenvalue weighted by molar-refractivity contribution is 0.582. The third kappa shape index (κ3) is 3.34. The minimum absolute atomic E-state index is 0.469. The van der Waals surface area contributed by atoms with E-state index in [1.165, 1.54) is 5.56 Å². The Morgan fingerprint density at radius 1 is 1.33 bits per heavy atom. The molecule has 4 nitrogen and oxygen atoms in total. The van der Waals surface area contributed by atoms with Crippen molar-refractivity contribution in [2.24, 2.45) is 7.05 Å². The first kappa shape index (κ1) is 13.1. The first-order valence-electron chi connectivity index (χ1n) is 5.99. The van der Waals surface area contributed by atoms with Gasteiger partial charge in [-0.1, -0.05) is 19.9 Å². The third-order valence-electron chi connectivity index (χ3n) is 2.52. The summed E-state index contributed by atoms with van der Waals surface area (Å²) in [7, 11) is 1.99. The Morgan fingerprint density at radius 2 is 2.17 bits per heavy atom. The summed E-state index contributed by atoms with van der Waals surface area (Å²) in [5.41, 5.74) is 1.21. The van der Waals surface area contributed by atoms with Crippen LogP contribution in [0, 0.1) is 0 Å².